The second-order valence-corrected chi connectivity index (χ2v) is 10.9. The second kappa shape index (κ2) is 10.0. The van der Waals surface area contributed by atoms with E-state index in [9.17, 15) is 8.42 Å². The molecule has 0 saturated carbocycles. The van der Waals surface area contributed by atoms with Gasteiger partial charge < -0.3 is 4.74 Å². The van der Waals surface area contributed by atoms with Gasteiger partial charge in [0.15, 0.2) is 0 Å². The molecule has 33 heavy (non-hydrogen) atoms. The van der Waals surface area contributed by atoms with Gasteiger partial charge in [0.25, 0.3) is 0 Å². The molecule has 0 amide bonds. The zero-order chi connectivity index (χ0) is 23.6. The van der Waals surface area contributed by atoms with Crippen molar-refractivity contribution in [3.8, 4) is 5.75 Å². The molecule has 0 radical (unpaired) electrons. The smallest absolute Gasteiger partial charge is 0.246 e. The molecule has 0 N–H and O–H groups in total. The number of aryl methyl sites for hydroxylation is 1. The van der Waals surface area contributed by atoms with Crippen LogP contribution in [0.15, 0.2) is 71.6 Å². The van der Waals surface area contributed by atoms with E-state index in [0.29, 0.717) is 42.0 Å². The highest BCUT2D eigenvalue weighted by Crippen LogP contribution is 2.33. The quantitative estimate of drug-likeness (QED) is 0.450. The summed E-state index contributed by atoms with van der Waals surface area (Å²) in [4.78, 5) is 2.51. The fourth-order valence-corrected chi connectivity index (χ4v) is 6.15. The predicted octanol–water partition coefficient (Wildman–Crippen LogP) is 5.41. The van der Waals surface area contributed by atoms with Gasteiger partial charge >= 0.3 is 0 Å². The summed E-state index contributed by atoms with van der Waals surface area (Å²) in [5.41, 5.74) is 3.07. The fraction of sp³-hybridized carbons (Fsp3) is 0.280. The van der Waals surface area contributed by atoms with E-state index >= 15 is 0 Å². The number of hydrogen-bond acceptors (Lipinski definition) is 4. The van der Waals surface area contributed by atoms with Gasteiger partial charge in [0.2, 0.25) is 10.0 Å². The highest BCUT2D eigenvalue weighted by atomic mass is 35.5. The first kappa shape index (κ1) is 24.0. The number of ether oxygens (including phenoxy) is 1. The summed E-state index contributed by atoms with van der Waals surface area (Å²) in [6.45, 7) is 3.82. The Bertz CT molecular complexity index is 1160. The van der Waals surface area contributed by atoms with Crippen LogP contribution >= 0.6 is 23.2 Å². The van der Waals surface area contributed by atoms with Gasteiger partial charge in [-0.2, -0.15) is 4.31 Å². The van der Waals surface area contributed by atoms with Crippen molar-refractivity contribution >= 4 is 33.2 Å². The van der Waals surface area contributed by atoms with Crippen molar-refractivity contribution in [2.75, 3.05) is 33.3 Å². The minimum Gasteiger partial charge on any atom is -0.495 e. The monoisotopic (exact) mass is 504 g/mol. The van der Waals surface area contributed by atoms with E-state index in [-0.39, 0.29) is 10.9 Å². The number of nitrogens with zero attached hydrogens (tertiary/aromatic N) is 2. The molecule has 0 atom stereocenters. The molecule has 0 aromatic heterocycles. The Morgan fingerprint density at radius 1 is 0.818 bits per heavy atom. The lowest BCUT2D eigenvalue weighted by Crippen LogP contribution is -2.49. The van der Waals surface area contributed by atoms with E-state index in [0.717, 1.165) is 16.7 Å². The summed E-state index contributed by atoms with van der Waals surface area (Å²) < 4.78 is 33.7. The number of sulfonamides is 1. The first-order chi connectivity index (χ1) is 15.8. The van der Waals surface area contributed by atoms with Gasteiger partial charge in [-0.25, -0.2) is 8.42 Å². The molecule has 1 fully saturated rings. The Morgan fingerprint density at radius 3 is 1.82 bits per heavy atom. The fourth-order valence-electron chi connectivity index (χ4n) is 4.23. The molecule has 0 unspecified atom stereocenters. The molecule has 3 aromatic carbocycles. The topological polar surface area (TPSA) is 49.9 Å². The predicted molar refractivity (Wildman–Crippen MR) is 133 cm³/mol. The maximum atomic E-state index is 13.4. The molecule has 174 valence electrons. The zero-order valence-corrected chi connectivity index (χ0v) is 20.9. The van der Waals surface area contributed by atoms with E-state index in [1.54, 1.807) is 16.4 Å². The van der Waals surface area contributed by atoms with Crippen molar-refractivity contribution < 1.29 is 13.2 Å². The van der Waals surface area contributed by atoms with Crippen molar-refractivity contribution in [2.45, 2.75) is 17.9 Å². The Balaban J connectivity index is 1.59. The summed E-state index contributed by atoms with van der Waals surface area (Å²) in [6, 6.07) is 20.8. The summed E-state index contributed by atoms with van der Waals surface area (Å²) >= 11 is 12.2. The third kappa shape index (κ3) is 5.20. The number of hydrogen-bond donors (Lipinski definition) is 0. The highest BCUT2D eigenvalue weighted by Gasteiger charge is 2.33. The summed E-state index contributed by atoms with van der Waals surface area (Å²) in [5.74, 6) is 0.364. The molecule has 1 aliphatic rings. The summed E-state index contributed by atoms with van der Waals surface area (Å²) in [6.07, 6.45) is 0. The van der Waals surface area contributed by atoms with E-state index in [4.69, 9.17) is 27.9 Å². The third-order valence-electron chi connectivity index (χ3n) is 5.95. The molecule has 0 spiro atoms. The number of piperazine rings is 1. The molecule has 8 heteroatoms. The van der Waals surface area contributed by atoms with Gasteiger partial charge in [-0.1, -0.05) is 53.5 Å². The largest absolute Gasteiger partial charge is 0.495 e. The first-order valence-electron chi connectivity index (χ1n) is 10.7. The Morgan fingerprint density at radius 2 is 1.33 bits per heavy atom. The Kier molecular flexibility index (Phi) is 7.31. The van der Waals surface area contributed by atoms with Crippen molar-refractivity contribution in [1.29, 1.82) is 0 Å². The Labute approximate surface area is 205 Å². The highest BCUT2D eigenvalue weighted by molar-refractivity contribution is 7.89. The van der Waals surface area contributed by atoms with E-state index in [1.807, 2.05) is 61.5 Å². The second-order valence-electron chi connectivity index (χ2n) is 8.10. The van der Waals surface area contributed by atoms with Crippen LogP contribution in [0.3, 0.4) is 0 Å². The van der Waals surface area contributed by atoms with Crippen LogP contribution in [0.5, 0.6) is 5.75 Å². The van der Waals surface area contributed by atoms with Gasteiger partial charge in [-0.15, -0.1) is 0 Å². The van der Waals surface area contributed by atoms with Crippen molar-refractivity contribution in [3.05, 3.63) is 93.5 Å². The van der Waals surface area contributed by atoms with Gasteiger partial charge in [-0.3, -0.25) is 4.90 Å². The molecule has 5 nitrogen and oxygen atoms in total. The van der Waals surface area contributed by atoms with Crippen molar-refractivity contribution in [2.24, 2.45) is 0 Å². The van der Waals surface area contributed by atoms with Crippen LogP contribution in [0.25, 0.3) is 0 Å². The molecular weight excluding hydrogens is 479 g/mol. The molecular formula is C25H26Cl2N2O3S. The number of benzene rings is 3. The SMILES string of the molecule is COc1ccc(C)cc1S(=O)(=O)N1CCN(C(c2ccc(Cl)cc2)c2ccc(Cl)cc2)CC1. The number of rotatable bonds is 6. The van der Waals surface area contributed by atoms with Gasteiger partial charge in [0.05, 0.1) is 13.2 Å². The molecule has 1 saturated heterocycles. The average molecular weight is 505 g/mol. The molecule has 4 rings (SSSR count). The maximum absolute atomic E-state index is 13.4. The molecule has 3 aromatic rings. The first-order valence-corrected chi connectivity index (χ1v) is 12.9. The van der Waals surface area contributed by atoms with Crippen LogP contribution in [-0.2, 0) is 10.0 Å². The minimum atomic E-state index is -3.67. The van der Waals surface area contributed by atoms with Crippen LogP contribution in [0.4, 0.5) is 0 Å². The summed E-state index contributed by atoms with van der Waals surface area (Å²) in [5, 5.41) is 1.35. The van der Waals surface area contributed by atoms with E-state index in [1.165, 1.54) is 7.11 Å². The third-order valence-corrected chi connectivity index (χ3v) is 8.37. The lowest BCUT2D eigenvalue weighted by atomic mass is 9.96. The standard InChI is InChI=1S/C25H26Cl2N2O3S/c1-18-3-12-23(32-2)24(17-18)33(30,31)29-15-13-28(14-16-29)25(19-4-8-21(26)9-5-19)20-6-10-22(27)11-7-20/h3-12,17,25H,13-16H2,1-2H3. The van der Waals surface area contributed by atoms with Crippen molar-refractivity contribution in [1.82, 2.24) is 9.21 Å². The normalized spacial score (nSPS) is 15.7. The number of halogens is 2. The minimum absolute atomic E-state index is 0.0297. The van der Waals surface area contributed by atoms with E-state index < -0.39 is 10.0 Å². The van der Waals surface area contributed by atoms with Gasteiger partial charge in [0.1, 0.15) is 10.6 Å². The van der Waals surface area contributed by atoms with Gasteiger partial charge in [-0.05, 0) is 60.0 Å². The van der Waals surface area contributed by atoms with Crippen LogP contribution in [-0.4, -0.2) is 50.9 Å². The van der Waals surface area contributed by atoms with Crippen LogP contribution in [0.2, 0.25) is 10.0 Å². The van der Waals surface area contributed by atoms with E-state index in [2.05, 4.69) is 4.90 Å². The van der Waals surface area contributed by atoms with Crippen LogP contribution in [0.1, 0.15) is 22.7 Å². The molecule has 1 heterocycles. The van der Waals surface area contributed by atoms with Crippen molar-refractivity contribution in [3.63, 3.8) is 0 Å². The zero-order valence-electron chi connectivity index (χ0n) is 18.5. The average Bonchev–Trinajstić information content (AvgIpc) is 2.82. The maximum Gasteiger partial charge on any atom is 0.246 e. The molecule has 1 aliphatic heterocycles. The number of methoxy groups -OCH3 is 1. The van der Waals surface area contributed by atoms with Gasteiger partial charge in [0, 0.05) is 36.2 Å². The molecule has 0 bridgehead atoms. The molecule has 0 aliphatic carbocycles. The summed E-state index contributed by atoms with van der Waals surface area (Å²) in [7, 11) is -2.18. The van der Waals surface area contributed by atoms with Crippen LogP contribution in [0, 0.1) is 6.92 Å². The van der Waals surface area contributed by atoms with Crippen LogP contribution < -0.4 is 4.74 Å². The lowest BCUT2D eigenvalue weighted by Gasteiger charge is -2.39. The lowest BCUT2D eigenvalue weighted by molar-refractivity contribution is 0.155. The Hall–Kier alpha value is -2.09.